The molecule has 0 spiro atoms. The van der Waals surface area contributed by atoms with Crippen LogP contribution in [0, 0.1) is 0 Å². The van der Waals surface area contributed by atoms with Crippen molar-refractivity contribution in [2.24, 2.45) is 0 Å². The van der Waals surface area contributed by atoms with Gasteiger partial charge in [0.15, 0.2) is 6.54 Å². The average Bonchev–Trinajstić information content (AvgIpc) is 2.64. The monoisotopic (exact) mass is 378 g/mol. The van der Waals surface area contributed by atoms with E-state index in [1.807, 2.05) is 30.3 Å². The van der Waals surface area contributed by atoms with Crippen LogP contribution >= 0.6 is 0 Å². The van der Waals surface area contributed by atoms with Crippen LogP contribution in [0.2, 0.25) is 0 Å². The molecule has 144 valence electrons. The van der Waals surface area contributed by atoms with E-state index >= 15 is 0 Å². The van der Waals surface area contributed by atoms with Gasteiger partial charge in [-0.2, -0.15) is 8.78 Å². The number of halogens is 2. The second kappa shape index (κ2) is 10.2. The minimum atomic E-state index is -2.88. The number of quaternary nitrogens is 1. The van der Waals surface area contributed by atoms with Crippen molar-refractivity contribution in [1.82, 2.24) is 10.6 Å². The maximum absolute atomic E-state index is 12.3. The zero-order valence-corrected chi connectivity index (χ0v) is 14.8. The summed E-state index contributed by atoms with van der Waals surface area (Å²) in [5.74, 6) is -0.367. The molecule has 0 radical (unpaired) electrons. The molecule has 2 aromatic rings. The lowest BCUT2D eigenvalue weighted by molar-refractivity contribution is -0.676. The molecule has 2 rings (SSSR count). The Balaban J connectivity index is 2.10. The number of nitrogens with two attached hydrogens (primary N) is 1. The van der Waals surface area contributed by atoms with E-state index in [2.05, 4.69) is 15.4 Å². The second-order valence-corrected chi connectivity index (χ2v) is 5.68. The van der Waals surface area contributed by atoms with Gasteiger partial charge in [0.1, 0.15) is 11.8 Å². The highest BCUT2D eigenvalue weighted by Gasteiger charge is 2.20. The number of rotatable bonds is 8. The topological polar surface area (TPSA) is 84.0 Å². The van der Waals surface area contributed by atoms with Crippen molar-refractivity contribution in [3.05, 3.63) is 65.7 Å². The average molecular weight is 378 g/mol. The summed E-state index contributed by atoms with van der Waals surface area (Å²) in [5.41, 5.74) is 1.75. The largest absolute Gasteiger partial charge is 0.435 e. The van der Waals surface area contributed by atoms with Gasteiger partial charge in [-0.15, -0.1) is 0 Å². The van der Waals surface area contributed by atoms with Gasteiger partial charge < -0.3 is 15.4 Å². The molecule has 4 N–H and O–H groups in total. The number of benzene rings is 2. The summed E-state index contributed by atoms with van der Waals surface area (Å²) < 4.78 is 29.0. The normalized spacial score (nSPS) is 11.7. The number of carbonyl (C=O) groups is 2. The minimum absolute atomic E-state index is 0.0198. The number of imide groups is 1. The van der Waals surface area contributed by atoms with Crippen molar-refractivity contribution < 1.29 is 28.4 Å². The van der Waals surface area contributed by atoms with Gasteiger partial charge in [0, 0.05) is 17.7 Å². The lowest BCUT2D eigenvalue weighted by Crippen LogP contribution is -2.88. The molecule has 0 fully saturated rings. The number of nitrogens with one attached hydrogen (secondary N) is 2. The lowest BCUT2D eigenvalue weighted by atomic mass is 9.98. The van der Waals surface area contributed by atoms with E-state index < -0.39 is 18.5 Å². The molecule has 0 aliphatic carbocycles. The van der Waals surface area contributed by atoms with Crippen molar-refractivity contribution in [3.8, 4) is 5.75 Å². The van der Waals surface area contributed by atoms with Crippen LogP contribution in [0.1, 0.15) is 24.1 Å². The lowest BCUT2D eigenvalue weighted by Gasteiger charge is -2.17. The Morgan fingerprint density at radius 1 is 1.04 bits per heavy atom. The molecule has 0 unspecified atom stereocenters. The first-order chi connectivity index (χ1) is 13.0. The summed E-state index contributed by atoms with van der Waals surface area (Å²) >= 11 is 0. The molecule has 0 aliphatic heterocycles. The van der Waals surface area contributed by atoms with Gasteiger partial charge in [-0.05, 0) is 31.2 Å². The Morgan fingerprint density at radius 2 is 1.67 bits per heavy atom. The van der Waals surface area contributed by atoms with Crippen molar-refractivity contribution in [3.63, 3.8) is 0 Å². The molecule has 0 aliphatic rings. The maximum Gasteiger partial charge on any atom is 0.387 e. The van der Waals surface area contributed by atoms with Gasteiger partial charge in [0.25, 0.3) is 5.91 Å². The Labute approximate surface area is 155 Å². The summed E-state index contributed by atoms with van der Waals surface area (Å²) in [6, 6.07) is 14.9. The Bertz CT molecular complexity index is 740. The Morgan fingerprint density at radius 3 is 2.26 bits per heavy atom. The fourth-order valence-electron chi connectivity index (χ4n) is 2.59. The third-order valence-corrected chi connectivity index (χ3v) is 3.75. The number of urea groups is 1. The van der Waals surface area contributed by atoms with Crippen LogP contribution in [0.3, 0.4) is 0 Å². The number of amides is 3. The quantitative estimate of drug-likeness (QED) is 0.655. The number of alkyl halides is 2. The molecule has 27 heavy (non-hydrogen) atoms. The van der Waals surface area contributed by atoms with Crippen LogP contribution in [-0.2, 0) is 4.79 Å². The molecule has 0 saturated heterocycles. The summed E-state index contributed by atoms with van der Waals surface area (Å²) in [7, 11) is 0. The first-order valence-electron chi connectivity index (χ1n) is 8.50. The van der Waals surface area contributed by atoms with Crippen LogP contribution < -0.4 is 20.7 Å². The van der Waals surface area contributed by atoms with E-state index in [-0.39, 0.29) is 18.3 Å². The van der Waals surface area contributed by atoms with Crippen LogP contribution in [0.25, 0.3) is 0 Å². The van der Waals surface area contributed by atoms with Gasteiger partial charge in [-0.1, -0.05) is 30.3 Å². The molecule has 0 saturated carbocycles. The minimum Gasteiger partial charge on any atom is -0.435 e. The molecule has 0 bridgehead atoms. The van der Waals surface area contributed by atoms with Gasteiger partial charge in [-0.25, -0.2) is 4.79 Å². The van der Waals surface area contributed by atoms with Crippen LogP contribution in [0.5, 0.6) is 5.75 Å². The molecular formula is C19H22F2N3O3+. The third-order valence-electron chi connectivity index (χ3n) is 3.75. The van der Waals surface area contributed by atoms with Gasteiger partial charge in [0.2, 0.25) is 0 Å². The van der Waals surface area contributed by atoms with Gasteiger partial charge >= 0.3 is 12.6 Å². The zero-order chi connectivity index (χ0) is 19.6. The number of carbonyl (C=O) groups excluding carboxylic acids is 2. The zero-order valence-electron chi connectivity index (χ0n) is 14.8. The van der Waals surface area contributed by atoms with Crippen molar-refractivity contribution >= 4 is 11.9 Å². The highest BCUT2D eigenvalue weighted by Crippen LogP contribution is 2.22. The van der Waals surface area contributed by atoms with E-state index in [0.717, 1.165) is 11.1 Å². The van der Waals surface area contributed by atoms with Crippen molar-refractivity contribution in [2.45, 2.75) is 19.6 Å². The van der Waals surface area contributed by atoms with E-state index in [9.17, 15) is 18.4 Å². The van der Waals surface area contributed by atoms with E-state index in [1.54, 1.807) is 24.4 Å². The predicted molar refractivity (Wildman–Crippen MR) is 95.4 cm³/mol. The molecule has 0 heterocycles. The first kappa shape index (κ1) is 20.3. The molecule has 3 amide bonds. The van der Waals surface area contributed by atoms with Crippen molar-refractivity contribution in [1.29, 1.82) is 0 Å². The SMILES string of the molecule is CCNC(=O)NC(=O)C[NH2+][C@@H](c1ccccc1)c1ccc(OC(F)F)cc1. The molecule has 8 heteroatoms. The van der Waals surface area contributed by atoms with Crippen LogP contribution in [-0.4, -0.2) is 31.6 Å². The molecule has 6 nitrogen and oxygen atoms in total. The summed E-state index contributed by atoms with van der Waals surface area (Å²) in [6.45, 7) is -0.692. The first-order valence-corrected chi connectivity index (χ1v) is 8.50. The number of ether oxygens (including phenoxy) is 1. The molecule has 0 aromatic heterocycles. The van der Waals surface area contributed by atoms with Gasteiger partial charge in [0.05, 0.1) is 0 Å². The number of hydrogen-bond acceptors (Lipinski definition) is 3. The summed E-state index contributed by atoms with van der Waals surface area (Å²) in [4.78, 5) is 23.4. The third kappa shape index (κ3) is 6.67. The fourth-order valence-corrected chi connectivity index (χ4v) is 2.59. The Kier molecular flexibility index (Phi) is 7.69. The highest BCUT2D eigenvalue weighted by atomic mass is 19.3. The smallest absolute Gasteiger partial charge is 0.387 e. The number of hydrogen-bond donors (Lipinski definition) is 3. The van der Waals surface area contributed by atoms with E-state index in [1.165, 1.54) is 12.1 Å². The maximum atomic E-state index is 12.3. The fraction of sp³-hybridized carbons (Fsp3) is 0.263. The molecule has 2 aromatic carbocycles. The van der Waals surface area contributed by atoms with Crippen LogP contribution in [0.4, 0.5) is 13.6 Å². The van der Waals surface area contributed by atoms with Crippen LogP contribution in [0.15, 0.2) is 54.6 Å². The predicted octanol–water partition coefficient (Wildman–Crippen LogP) is 1.79. The second-order valence-electron chi connectivity index (χ2n) is 5.68. The standard InChI is InChI=1S/C19H21F2N3O3/c1-2-22-19(26)24-16(25)12-23-17(13-6-4-3-5-7-13)14-8-10-15(11-9-14)27-18(20)21/h3-11,17-18,23H,2,12H2,1H3,(H2,22,24,25,26)/p+1/t17-/m0/s1. The summed E-state index contributed by atoms with van der Waals surface area (Å²) in [5, 5.41) is 6.51. The Hall–Kier alpha value is -3.00. The van der Waals surface area contributed by atoms with Gasteiger partial charge in [-0.3, -0.25) is 10.1 Å². The summed E-state index contributed by atoms with van der Waals surface area (Å²) in [6.07, 6.45) is 0. The highest BCUT2D eigenvalue weighted by molar-refractivity contribution is 5.94. The molecule has 1 atom stereocenters. The molecular weight excluding hydrogens is 356 g/mol. The van der Waals surface area contributed by atoms with E-state index in [4.69, 9.17) is 0 Å². The van der Waals surface area contributed by atoms with Crippen molar-refractivity contribution in [2.75, 3.05) is 13.1 Å². The van der Waals surface area contributed by atoms with E-state index in [0.29, 0.717) is 6.54 Å².